The highest BCUT2D eigenvalue weighted by Gasteiger charge is 2.28. The first-order chi connectivity index (χ1) is 12.1. The van der Waals surface area contributed by atoms with Crippen molar-refractivity contribution in [3.63, 3.8) is 0 Å². The number of carbonyl (C=O) groups excluding carboxylic acids is 1. The Hall–Kier alpha value is -2.47. The molecule has 130 valence electrons. The molecule has 0 saturated carbocycles. The van der Waals surface area contributed by atoms with Gasteiger partial charge >= 0.3 is 0 Å². The second-order valence-corrected chi connectivity index (χ2v) is 6.92. The maximum atomic E-state index is 12.6. The number of rotatable bonds is 2. The standard InChI is InChI=1S/C19H23N5O/c1-14-13-15-5-3-4-6-17(15)24(14)18-8-7-16(20-21-18)19(25)23-11-9-22(2)10-12-23/h3-8,14H,9-13H2,1-2H3. The second kappa shape index (κ2) is 6.44. The maximum absolute atomic E-state index is 12.6. The molecule has 0 N–H and O–H groups in total. The normalized spacial score (nSPS) is 20.6. The topological polar surface area (TPSA) is 52.6 Å². The second-order valence-electron chi connectivity index (χ2n) is 6.92. The quantitative estimate of drug-likeness (QED) is 0.838. The summed E-state index contributed by atoms with van der Waals surface area (Å²) in [6.45, 7) is 5.48. The lowest BCUT2D eigenvalue weighted by molar-refractivity contribution is 0.0657. The van der Waals surface area contributed by atoms with Crippen LogP contribution in [0.1, 0.15) is 23.0 Å². The number of hydrogen-bond acceptors (Lipinski definition) is 5. The molecule has 0 bridgehead atoms. The van der Waals surface area contributed by atoms with Crippen LogP contribution >= 0.6 is 0 Å². The van der Waals surface area contributed by atoms with Crippen molar-refractivity contribution in [1.82, 2.24) is 20.0 Å². The highest BCUT2D eigenvalue weighted by atomic mass is 16.2. The van der Waals surface area contributed by atoms with Gasteiger partial charge in [0.15, 0.2) is 11.5 Å². The molecule has 1 aromatic heterocycles. The van der Waals surface area contributed by atoms with Gasteiger partial charge in [0.05, 0.1) is 0 Å². The van der Waals surface area contributed by atoms with E-state index in [-0.39, 0.29) is 5.91 Å². The first-order valence-corrected chi connectivity index (χ1v) is 8.82. The molecule has 2 aliphatic heterocycles. The summed E-state index contributed by atoms with van der Waals surface area (Å²) < 4.78 is 0. The highest BCUT2D eigenvalue weighted by molar-refractivity contribution is 5.92. The van der Waals surface area contributed by atoms with E-state index in [1.54, 1.807) is 6.07 Å². The Bertz CT molecular complexity index is 768. The first-order valence-electron chi connectivity index (χ1n) is 8.82. The van der Waals surface area contributed by atoms with Crippen LogP contribution in [0, 0.1) is 0 Å². The van der Waals surface area contributed by atoms with Crippen molar-refractivity contribution in [2.75, 3.05) is 38.1 Å². The fourth-order valence-corrected chi connectivity index (χ4v) is 3.65. The van der Waals surface area contributed by atoms with Crippen molar-refractivity contribution in [2.24, 2.45) is 0 Å². The highest BCUT2D eigenvalue weighted by Crippen LogP contribution is 2.36. The van der Waals surface area contributed by atoms with E-state index in [4.69, 9.17) is 0 Å². The van der Waals surface area contributed by atoms with Crippen LogP contribution in [0.5, 0.6) is 0 Å². The minimum Gasteiger partial charge on any atom is -0.335 e. The Labute approximate surface area is 148 Å². The summed E-state index contributed by atoms with van der Waals surface area (Å²) in [4.78, 5) is 18.9. The fourth-order valence-electron chi connectivity index (χ4n) is 3.65. The number of nitrogens with zero attached hydrogens (tertiary/aromatic N) is 5. The molecule has 1 unspecified atom stereocenters. The number of amides is 1. The van der Waals surface area contributed by atoms with Crippen LogP contribution < -0.4 is 4.90 Å². The summed E-state index contributed by atoms with van der Waals surface area (Å²) in [5.74, 6) is 0.773. The molecule has 0 spiro atoms. The van der Waals surface area contributed by atoms with Crippen LogP contribution in [0.25, 0.3) is 0 Å². The van der Waals surface area contributed by atoms with Gasteiger partial charge < -0.3 is 14.7 Å². The summed E-state index contributed by atoms with van der Waals surface area (Å²) in [5.41, 5.74) is 2.94. The molecule has 2 aromatic rings. The number of likely N-dealkylation sites (N-methyl/N-ethyl adjacent to an activating group) is 1. The van der Waals surface area contributed by atoms with Crippen molar-refractivity contribution in [2.45, 2.75) is 19.4 Å². The van der Waals surface area contributed by atoms with E-state index in [1.165, 1.54) is 11.3 Å². The maximum Gasteiger partial charge on any atom is 0.274 e. The summed E-state index contributed by atoms with van der Waals surface area (Å²) >= 11 is 0. The van der Waals surface area contributed by atoms with E-state index < -0.39 is 0 Å². The van der Waals surface area contributed by atoms with Gasteiger partial charge in [0.2, 0.25) is 0 Å². The summed E-state index contributed by atoms with van der Waals surface area (Å²) in [7, 11) is 2.07. The summed E-state index contributed by atoms with van der Waals surface area (Å²) in [6.07, 6.45) is 1.000. The predicted octanol–water partition coefficient (Wildman–Crippen LogP) is 1.95. The minimum atomic E-state index is -0.0259. The minimum absolute atomic E-state index is 0.0259. The first kappa shape index (κ1) is 16.0. The van der Waals surface area contributed by atoms with Crippen LogP contribution in [0.15, 0.2) is 36.4 Å². The van der Waals surface area contributed by atoms with E-state index in [1.807, 2.05) is 17.0 Å². The average molecular weight is 337 g/mol. The Morgan fingerprint density at radius 2 is 1.80 bits per heavy atom. The van der Waals surface area contributed by atoms with Gasteiger partial charge in [-0.2, -0.15) is 0 Å². The van der Waals surface area contributed by atoms with Crippen molar-refractivity contribution in [3.8, 4) is 0 Å². The van der Waals surface area contributed by atoms with Crippen molar-refractivity contribution >= 4 is 17.4 Å². The molecule has 1 amide bonds. The molecule has 1 saturated heterocycles. The van der Waals surface area contributed by atoms with Crippen molar-refractivity contribution in [1.29, 1.82) is 0 Å². The molecular formula is C19H23N5O. The van der Waals surface area contributed by atoms with E-state index in [0.717, 1.165) is 38.4 Å². The third kappa shape index (κ3) is 2.98. The number of hydrogen-bond donors (Lipinski definition) is 0. The number of aromatic nitrogens is 2. The predicted molar refractivity (Wildman–Crippen MR) is 97.2 cm³/mol. The zero-order valence-corrected chi connectivity index (χ0v) is 14.7. The molecular weight excluding hydrogens is 314 g/mol. The Morgan fingerprint density at radius 3 is 2.52 bits per heavy atom. The molecule has 6 heteroatoms. The van der Waals surface area contributed by atoms with E-state index in [9.17, 15) is 4.79 Å². The average Bonchev–Trinajstić information content (AvgIpc) is 2.97. The molecule has 1 aromatic carbocycles. The zero-order valence-electron chi connectivity index (χ0n) is 14.7. The van der Waals surface area contributed by atoms with Gasteiger partial charge in [-0.15, -0.1) is 10.2 Å². The lowest BCUT2D eigenvalue weighted by Gasteiger charge is -2.32. The molecule has 6 nitrogen and oxygen atoms in total. The van der Waals surface area contributed by atoms with Gasteiger partial charge in [0.25, 0.3) is 5.91 Å². The lowest BCUT2D eigenvalue weighted by atomic mass is 10.1. The van der Waals surface area contributed by atoms with Crippen LogP contribution in [0.3, 0.4) is 0 Å². The molecule has 1 atom stereocenters. The SMILES string of the molecule is CC1Cc2ccccc2N1c1ccc(C(=O)N2CCN(C)CC2)nn1. The largest absolute Gasteiger partial charge is 0.335 e. The molecule has 25 heavy (non-hydrogen) atoms. The zero-order chi connectivity index (χ0) is 17.4. The molecule has 0 radical (unpaired) electrons. The van der Waals surface area contributed by atoms with Gasteiger partial charge in [-0.1, -0.05) is 18.2 Å². The van der Waals surface area contributed by atoms with Gasteiger partial charge in [-0.05, 0) is 44.2 Å². The van der Waals surface area contributed by atoms with E-state index >= 15 is 0 Å². The van der Waals surface area contributed by atoms with Gasteiger partial charge in [0.1, 0.15) is 0 Å². The Kier molecular flexibility index (Phi) is 4.13. The molecule has 3 heterocycles. The fraction of sp³-hybridized carbons (Fsp3) is 0.421. The van der Waals surface area contributed by atoms with Crippen LogP contribution in [0.2, 0.25) is 0 Å². The summed E-state index contributed by atoms with van der Waals surface area (Å²) in [6, 6.07) is 12.4. The number of piperazine rings is 1. The summed E-state index contributed by atoms with van der Waals surface area (Å²) in [5, 5.41) is 8.59. The van der Waals surface area contributed by atoms with Gasteiger partial charge in [-0.3, -0.25) is 4.79 Å². The van der Waals surface area contributed by atoms with Gasteiger partial charge in [0, 0.05) is 37.9 Å². The molecule has 2 aliphatic rings. The molecule has 4 rings (SSSR count). The van der Waals surface area contributed by atoms with Crippen molar-refractivity contribution in [3.05, 3.63) is 47.7 Å². The number of carbonyl (C=O) groups is 1. The monoisotopic (exact) mass is 337 g/mol. The number of benzene rings is 1. The number of anilines is 2. The van der Waals surface area contributed by atoms with E-state index in [0.29, 0.717) is 11.7 Å². The number of para-hydroxylation sites is 1. The number of fused-ring (bicyclic) bond motifs is 1. The van der Waals surface area contributed by atoms with Gasteiger partial charge in [-0.25, -0.2) is 0 Å². The van der Waals surface area contributed by atoms with Crippen LogP contribution in [-0.4, -0.2) is 65.2 Å². The lowest BCUT2D eigenvalue weighted by Crippen LogP contribution is -2.47. The van der Waals surface area contributed by atoms with Crippen LogP contribution in [0.4, 0.5) is 11.5 Å². The molecule has 0 aliphatic carbocycles. The van der Waals surface area contributed by atoms with Crippen molar-refractivity contribution < 1.29 is 4.79 Å². The third-order valence-corrected chi connectivity index (χ3v) is 5.11. The Balaban J connectivity index is 1.54. The van der Waals surface area contributed by atoms with Crippen LogP contribution in [-0.2, 0) is 6.42 Å². The van der Waals surface area contributed by atoms with E-state index in [2.05, 4.69) is 52.2 Å². The molecule has 1 fully saturated rings. The smallest absolute Gasteiger partial charge is 0.274 e. The third-order valence-electron chi connectivity index (χ3n) is 5.11. The Morgan fingerprint density at radius 1 is 1.04 bits per heavy atom.